The maximum absolute atomic E-state index is 13.0. The van der Waals surface area contributed by atoms with Gasteiger partial charge in [0.25, 0.3) is 0 Å². The maximum Gasteiger partial charge on any atom is 0.123 e. The van der Waals surface area contributed by atoms with Crippen molar-refractivity contribution in [3.05, 3.63) is 65.5 Å². The van der Waals surface area contributed by atoms with Gasteiger partial charge in [0.05, 0.1) is 18.3 Å². The summed E-state index contributed by atoms with van der Waals surface area (Å²) in [6, 6.07) is 14.7. The number of rotatable bonds is 3. The lowest BCUT2D eigenvalue weighted by Gasteiger charge is -2.30. The Morgan fingerprint density at radius 1 is 1.21 bits per heavy atom. The Kier molecular flexibility index (Phi) is 3.76. The van der Waals surface area contributed by atoms with Crippen molar-refractivity contribution < 1.29 is 4.39 Å². The van der Waals surface area contributed by atoms with Gasteiger partial charge in [-0.05, 0) is 35.7 Å². The van der Waals surface area contributed by atoms with Gasteiger partial charge in [0, 0.05) is 13.0 Å². The number of para-hydroxylation sites is 1. The zero-order chi connectivity index (χ0) is 16.5. The molecule has 1 fully saturated rings. The first-order valence-electron chi connectivity index (χ1n) is 8.17. The number of fused-ring (bicyclic) bond motifs is 2. The molecule has 4 rings (SSSR count). The second-order valence-electron chi connectivity index (χ2n) is 6.21. The minimum atomic E-state index is -0.237. The average molecular weight is 322 g/mol. The van der Waals surface area contributed by atoms with E-state index in [9.17, 15) is 4.39 Å². The lowest BCUT2D eigenvalue weighted by Crippen LogP contribution is -2.42. The topological polar surface area (TPSA) is 54.0 Å². The molecule has 122 valence electrons. The zero-order valence-corrected chi connectivity index (χ0v) is 13.3. The minimum Gasteiger partial charge on any atom is -0.386 e. The summed E-state index contributed by atoms with van der Waals surface area (Å²) >= 11 is 0. The van der Waals surface area contributed by atoms with Crippen LogP contribution < -0.4 is 5.73 Å². The molecule has 1 saturated heterocycles. The number of amidine groups is 2. The highest BCUT2D eigenvalue weighted by Crippen LogP contribution is 2.32. The van der Waals surface area contributed by atoms with Crippen LogP contribution in [0.15, 0.2) is 58.5 Å². The molecule has 0 bridgehead atoms. The van der Waals surface area contributed by atoms with Gasteiger partial charge in [-0.25, -0.2) is 9.38 Å². The first kappa shape index (κ1) is 14.9. The second-order valence-corrected chi connectivity index (χ2v) is 6.21. The largest absolute Gasteiger partial charge is 0.386 e. The summed E-state index contributed by atoms with van der Waals surface area (Å²) in [4.78, 5) is 11.5. The van der Waals surface area contributed by atoms with Crippen molar-refractivity contribution >= 4 is 17.4 Å². The number of hydrogen-bond donors (Lipinski definition) is 1. The molecule has 2 aromatic carbocycles. The molecule has 0 spiro atoms. The third-order valence-corrected chi connectivity index (χ3v) is 4.63. The molecule has 0 radical (unpaired) electrons. The van der Waals surface area contributed by atoms with E-state index in [0.717, 1.165) is 36.5 Å². The van der Waals surface area contributed by atoms with E-state index in [-0.39, 0.29) is 11.9 Å². The monoisotopic (exact) mass is 322 g/mol. The van der Waals surface area contributed by atoms with Crippen LogP contribution in [0.4, 0.5) is 10.1 Å². The van der Waals surface area contributed by atoms with Gasteiger partial charge in [-0.3, -0.25) is 4.99 Å². The number of halogens is 1. The number of hydrogen-bond acceptors (Lipinski definition) is 3. The highest BCUT2D eigenvalue weighted by Gasteiger charge is 2.34. The fraction of sp³-hybridized carbons (Fsp3) is 0.263. The first-order chi connectivity index (χ1) is 11.7. The van der Waals surface area contributed by atoms with Crippen molar-refractivity contribution in [3.8, 4) is 0 Å². The maximum atomic E-state index is 13.0. The van der Waals surface area contributed by atoms with E-state index in [2.05, 4.69) is 22.0 Å². The smallest absolute Gasteiger partial charge is 0.123 e. The molecule has 0 amide bonds. The first-order valence-corrected chi connectivity index (χ1v) is 8.17. The molecule has 1 atom stereocenters. The normalized spacial score (nSPS) is 19.7. The van der Waals surface area contributed by atoms with Crippen LogP contribution in [0.5, 0.6) is 0 Å². The number of nitrogens with two attached hydrogens (primary N) is 1. The predicted molar refractivity (Wildman–Crippen MR) is 93.8 cm³/mol. The van der Waals surface area contributed by atoms with Gasteiger partial charge >= 0.3 is 0 Å². The molecule has 4 nitrogen and oxygen atoms in total. The van der Waals surface area contributed by atoms with Gasteiger partial charge < -0.3 is 10.6 Å². The average Bonchev–Trinajstić information content (AvgIpc) is 3.02. The summed E-state index contributed by atoms with van der Waals surface area (Å²) in [6.07, 6.45) is 1.86. The van der Waals surface area contributed by atoms with Crippen LogP contribution in [0.25, 0.3) is 0 Å². The summed E-state index contributed by atoms with van der Waals surface area (Å²) in [6.45, 7) is 1.30. The summed E-state index contributed by atoms with van der Waals surface area (Å²) in [5, 5.41) is 0. The van der Waals surface area contributed by atoms with Crippen LogP contribution in [0.1, 0.15) is 24.0 Å². The third kappa shape index (κ3) is 2.77. The van der Waals surface area contributed by atoms with Crippen molar-refractivity contribution in [2.45, 2.75) is 32.0 Å². The standard InChI is InChI=1S/C19H19FN4/c20-15-7-5-13(6-8-15)11-22-19(21)17-9-10-18-23-16-4-2-1-3-14(16)12-24(17)18/h1-8,17H,9-12H2,(H2,21,22)/t17-/m0/s1. The van der Waals surface area contributed by atoms with Gasteiger partial charge in [-0.1, -0.05) is 30.3 Å². The Bertz CT molecular complexity index is 810. The molecule has 0 aliphatic carbocycles. The fourth-order valence-electron chi connectivity index (χ4n) is 3.33. The molecule has 5 heteroatoms. The van der Waals surface area contributed by atoms with E-state index >= 15 is 0 Å². The van der Waals surface area contributed by atoms with E-state index < -0.39 is 0 Å². The van der Waals surface area contributed by atoms with Crippen molar-refractivity contribution in [1.29, 1.82) is 0 Å². The van der Waals surface area contributed by atoms with E-state index in [1.54, 1.807) is 12.1 Å². The summed E-state index contributed by atoms with van der Waals surface area (Å²) < 4.78 is 13.0. The number of nitrogens with zero attached hydrogens (tertiary/aromatic N) is 3. The number of benzene rings is 2. The predicted octanol–water partition coefficient (Wildman–Crippen LogP) is 3.39. The summed E-state index contributed by atoms with van der Waals surface area (Å²) in [5.74, 6) is 1.49. The van der Waals surface area contributed by atoms with E-state index in [4.69, 9.17) is 10.7 Å². The fourth-order valence-corrected chi connectivity index (χ4v) is 3.33. The molecule has 2 heterocycles. The molecule has 0 aromatic heterocycles. The molecule has 2 aliphatic rings. The Labute approximate surface area is 140 Å². The van der Waals surface area contributed by atoms with Crippen LogP contribution in [0.3, 0.4) is 0 Å². The minimum absolute atomic E-state index is 0.0950. The van der Waals surface area contributed by atoms with Crippen LogP contribution >= 0.6 is 0 Å². The highest BCUT2D eigenvalue weighted by atomic mass is 19.1. The zero-order valence-electron chi connectivity index (χ0n) is 13.3. The van der Waals surface area contributed by atoms with Gasteiger partial charge in [0.1, 0.15) is 17.5 Å². The molecular formula is C19H19FN4. The molecule has 2 aromatic rings. The van der Waals surface area contributed by atoms with Gasteiger partial charge in [0.15, 0.2) is 0 Å². The summed E-state index contributed by atoms with van der Waals surface area (Å²) in [7, 11) is 0. The van der Waals surface area contributed by atoms with Gasteiger partial charge in [-0.2, -0.15) is 0 Å². The van der Waals surface area contributed by atoms with Crippen LogP contribution in [-0.2, 0) is 13.1 Å². The van der Waals surface area contributed by atoms with Crippen molar-refractivity contribution in [1.82, 2.24) is 4.90 Å². The van der Waals surface area contributed by atoms with Crippen molar-refractivity contribution in [3.63, 3.8) is 0 Å². The van der Waals surface area contributed by atoms with E-state index in [0.29, 0.717) is 12.4 Å². The Hall–Kier alpha value is -2.69. The Morgan fingerprint density at radius 3 is 2.83 bits per heavy atom. The number of aliphatic imine (C=N–C) groups is 2. The van der Waals surface area contributed by atoms with E-state index in [1.807, 2.05) is 12.1 Å². The van der Waals surface area contributed by atoms with E-state index in [1.165, 1.54) is 17.7 Å². The summed E-state index contributed by atoms with van der Waals surface area (Å²) in [5.41, 5.74) is 9.50. The Balaban J connectivity index is 1.51. The molecule has 0 saturated carbocycles. The molecule has 2 N–H and O–H groups in total. The van der Waals surface area contributed by atoms with Gasteiger partial charge in [-0.15, -0.1) is 0 Å². The molecule has 2 aliphatic heterocycles. The van der Waals surface area contributed by atoms with Crippen LogP contribution in [0.2, 0.25) is 0 Å². The van der Waals surface area contributed by atoms with Crippen molar-refractivity contribution in [2.75, 3.05) is 0 Å². The molecule has 0 unspecified atom stereocenters. The Morgan fingerprint density at radius 2 is 2.00 bits per heavy atom. The lowest BCUT2D eigenvalue weighted by molar-refractivity contribution is 0.390. The highest BCUT2D eigenvalue weighted by molar-refractivity contribution is 5.97. The lowest BCUT2D eigenvalue weighted by atomic mass is 10.1. The van der Waals surface area contributed by atoms with Crippen LogP contribution in [-0.4, -0.2) is 22.6 Å². The van der Waals surface area contributed by atoms with Gasteiger partial charge in [0.2, 0.25) is 0 Å². The molecule has 24 heavy (non-hydrogen) atoms. The third-order valence-electron chi connectivity index (χ3n) is 4.63. The quantitative estimate of drug-likeness (QED) is 0.695. The SMILES string of the molecule is NC(=NCc1ccc(F)cc1)[C@@H]1CCC2=Nc3ccccc3CN21. The molecular weight excluding hydrogens is 303 g/mol. The second kappa shape index (κ2) is 6.07. The van der Waals surface area contributed by atoms with Crippen molar-refractivity contribution in [2.24, 2.45) is 15.7 Å². The van der Waals surface area contributed by atoms with Crippen LogP contribution in [0, 0.1) is 5.82 Å².